The zero-order valence-corrected chi connectivity index (χ0v) is 13.8. The van der Waals surface area contributed by atoms with Gasteiger partial charge in [-0.25, -0.2) is 5.43 Å². The van der Waals surface area contributed by atoms with Gasteiger partial charge in [0.1, 0.15) is 0 Å². The van der Waals surface area contributed by atoms with E-state index in [2.05, 4.69) is 15.8 Å². The summed E-state index contributed by atoms with van der Waals surface area (Å²) in [4.78, 5) is 23.7. The van der Waals surface area contributed by atoms with Crippen molar-refractivity contribution in [3.8, 4) is 11.5 Å². The number of rotatable bonds is 6. The summed E-state index contributed by atoms with van der Waals surface area (Å²) in [6, 6.07) is 14.5. The highest BCUT2D eigenvalue weighted by Gasteiger charge is 2.16. The number of carbonyl (C=O) groups excluding carboxylic acids is 2. The monoisotopic (exact) mass is 351 g/mol. The summed E-state index contributed by atoms with van der Waals surface area (Å²) in [6.07, 6.45) is 5.03. The molecule has 1 aliphatic heterocycles. The van der Waals surface area contributed by atoms with Crippen molar-refractivity contribution in [3.05, 3.63) is 65.7 Å². The second-order valence-electron chi connectivity index (χ2n) is 5.33. The largest absolute Gasteiger partial charge is 0.454 e. The van der Waals surface area contributed by atoms with Gasteiger partial charge in [0.15, 0.2) is 11.5 Å². The molecule has 0 atom stereocenters. The Kier molecular flexibility index (Phi) is 5.61. The first-order valence-electron chi connectivity index (χ1n) is 7.94. The van der Waals surface area contributed by atoms with Crippen LogP contribution in [0.5, 0.6) is 11.5 Å². The van der Waals surface area contributed by atoms with Gasteiger partial charge in [-0.2, -0.15) is 5.10 Å². The van der Waals surface area contributed by atoms with Gasteiger partial charge < -0.3 is 14.8 Å². The Morgan fingerprint density at radius 3 is 2.73 bits per heavy atom. The van der Waals surface area contributed by atoms with E-state index in [4.69, 9.17) is 9.47 Å². The molecule has 7 nitrogen and oxygen atoms in total. The molecule has 2 N–H and O–H groups in total. The van der Waals surface area contributed by atoms with Gasteiger partial charge in [0.05, 0.1) is 6.54 Å². The van der Waals surface area contributed by atoms with Crippen molar-refractivity contribution in [2.75, 3.05) is 13.3 Å². The van der Waals surface area contributed by atoms with Gasteiger partial charge in [-0.05, 0) is 29.8 Å². The third-order valence-electron chi connectivity index (χ3n) is 3.48. The van der Waals surface area contributed by atoms with Crippen LogP contribution in [0.3, 0.4) is 0 Å². The number of fused-ring (bicyclic) bond motifs is 1. The van der Waals surface area contributed by atoms with Crippen LogP contribution < -0.4 is 20.2 Å². The maximum Gasteiger partial charge on any atom is 0.259 e. The van der Waals surface area contributed by atoms with Crippen LogP contribution >= 0.6 is 0 Å². The summed E-state index contributed by atoms with van der Waals surface area (Å²) in [7, 11) is 0. The van der Waals surface area contributed by atoms with Gasteiger partial charge in [-0.1, -0.05) is 36.4 Å². The number of amides is 2. The average molecular weight is 351 g/mol. The number of hydrazone groups is 1. The quantitative estimate of drug-likeness (QED) is 0.615. The molecule has 0 spiro atoms. The molecular weight excluding hydrogens is 334 g/mol. The van der Waals surface area contributed by atoms with Gasteiger partial charge in [0.25, 0.3) is 11.8 Å². The van der Waals surface area contributed by atoms with Gasteiger partial charge in [-0.3, -0.25) is 9.59 Å². The second kappa shape index (κ2) is 8.48. The van der Waals surface area contributed by atoms with Gasteiger partial charge >= 0.3 is 0 Å². The minimum absolute atomic E-state index is 0.138. The van der Waals surface area contributed by atoms with Crippen molar-refractivity contribution in [1.29, 1.82) is 0 Å². The first-order valence-corrected chi connectivity index (χ1v) is 7.94. The molecule has 3 rings (SSSR count). The van der Waals surface area contributed by atoms with Crippen LogP contribution in [0.1, 0.15) is 15.9 Å². The molecule has 2 amide bonds. The molecule has 0 aromatic heterocycles. The van der Waals surface area contributed by atoms with E-state index in [1.54, 1.807) is 24.3 Å². The first kappa shape index (κ1) is 17.2. The molecule has 0 radical (unpaired) electrons. The maximum atomic E-state index is 12.0. The van der Waals surface area contributed by atoms with E-state index in [0.717, 1.165) is 5.56 Å². The van der Waals surface area contributed by atoms with Crippen LogP contribution in [0.25, 0.3) is 6.08 Å². The first-order chi connectivity index (χ1) is 12.7. The van der Waals surface area contributed by atoms with Crippen molar-refractivity contribution >= 4 is 24.1 Å². The van der Waals surface area contributed by atoms with Gasteiger partial charge in [0, 0.05) is 11.8 Å². The van der Waals surface area contributed by atoms with Crippen LogP contribution in [0.2, 0.25) is 0 Å². The van der Waals surface area contributed by atoms with Gasteiger partial charge in [0.2, 0.25) is 6.79 Å². The van der Waals surface area contributed by atoms with Crippen LogP contribution in [-0.2, 0) is 4.79 Å². The number of nitrogens with one attached hydrogen (secondary N) is 2. The summed E-state index contributed by atoms with van der Waals surface area (Å²) in [5.74, 6) is 0.295. The molecule has 0 saturated heterocycles. The van der Waals surface area contributed by atoms with Crippen LogP contribution in [0.15, 0.2) is 59.7 Å². The lowest BCUT2D eigenvalue weighted by atomic mass is 10.2. The van der Waals surface area contributed by atoms with Crippen molar-refractivity contribution in [1.82, 2.24) is 10.7 Å². The summed E-state index contributed by atoms with van der Waals surface area (Å²) in [5, 5.41) is 6.30. The van der Waals surface area contributed by atoms with Crippen molar-refractivity contribution in [2.24, 2.45) is 5.10 Å². The Morgan fingerprint density at radius 2 is 1.88 bits per heavy atom. The summed E-state index contributed by atoms with van der Waals surface area (Å²) < 4.78 is 10.4. The number of ether oxygens (including phenoxy) is 2. The number of hydrogen-bond acceptors (Lipinski definition) is 5. The van der Waals surface area contributed by atoms with Crippen molar-refractivity contribution in [3.63, 3.8) is 0 Å². The van der Waals surface area contributed by atoms with E-state index in [-0.39, 0.29) is 19.2 Å². The Labute approximate surface area is 150 Å². The lowest BCUT2D eigenvalue weighted by Crippen LogP contribution is -2.34. The minimum atomic E-state index is -0.427. The summed E-state index contributed by atoms with van der Waals surface area (Å²) >= 11 is 0. The SMILES string of the molecule is O=C(CNC(=O)c1ccc2c(c1)OCO2)NN=CC=Cc1ccccc1. The van der Waals surface area contributed by atoms with E-state index >= 15 is 0 Å². The molecule has 1 aliphatic rings. The Balaban J connectivity index is 1.41. The number of nitrogens with zero attached hydrogens (tertiary/aromatic N) is 1. The van der Waals surface area contributed by atoms with E-state index < -0.39 is 5.91 Å². The molecule has 2 aromatic carbocycles. The fourth-order valence-corrected chi connectivity index (χ4v) is 2.21. The minimum Gasteiger partial charge on any atom is -0.454 e. The highest BCUT2D eigenvalue weighted by molar-refractivity contribution is 5.97. The van der Waals surface area contributed by atoms with Crippen LogP contribution in [-0.4, -0.2) is 31.4 Å². The molecule has 132 valence electrons. The fourth-order valence-electron chi connectivity index (χ4n) is 2.21. The number of hydrogen-bond donors (Lipinski definition) is 2. The molecule has 0 saturated carbocycles. The van der Waals surface area contributed by atoms with Crippen molar-refractivity contribution in [2.45, 2.75) is 0 Å². The predicted octanol–water partition coefficient (Wildman–Crippen LogP) is 1.96. The molecule has 0 unspecified atom stereocenters. The molecule has 0 fully saturated rings. The lowest BCUT2D eigenvalue weighted by Gasteiger charge is -2.05. The Morgan fingerprint density at radius 1 is 1.08 bits per heavy atom. The Hall–Kier alpha value is -3.61. The number of benzene rings is 2. The molecule has 2 aromatic rings. The summed E-state index contributed by atoms with van der Waals surface area (Å²) in [6.45, 7) is -0.0491. The van der Waals surface area contributed by atoms with Crippen LogP contribution in [0, 0.1) is 0 Å². The fraction of sp³-hybridized carbons (Fsp3) is 0.105. The molecule has 1 heterocycles. The normalized spacial score (nSPS) is 12.5. The van der Waals surface area contributed by atoms with E-state index in [9.17, 15) is 9.59 Å². The number of carbonyl (C=O) groups is 2. The maximum absolute atomic E-state index is 12.0. The summed E-state index contributed by atoms with van der Waals surface area (Å²) in [5.41, 5.74) is 3.75. The lowest BCUT2D eigenvalue weighted by molar-refractivity contribution is -0.120. The van der Waals surface area contributed by atoms with Crippen molar-refractivity contribution < 1.29 is 19.1 Å². The average Bonchev–Trinajstić information content (AvgIpc) is 3.14. The predicted molar refractivity (Wildman–Crippen MR) is 97.0 cm³/mol. The highest BCUT2D eigenvalue weighted by atomic mass is 16.7. The topological polar surface area (TPSA) is 89.0 Å². The number of allylic oxidation sites excluding steroid dienone is 1. The molecule has 0 aliphatic carbocycles. The van der Waals surface area contributed by atoms with E-state index in [1.165, 1.54) is 6.21 Å². The molecular formula is C19H17N3O4. The van der Waals surface area contributed by atoms with E-state index in [1.807, 2.05) is 36.4 Å². The Bertz CT molecular complexity index is 847. The van der Waals surface area contributed by atoms with Gasteiger partial charge in [-0.15, -0.1) is 0 Å². The zero-order valence-electron chi connectivity index (χ0n) is 13.8. The van der Waals surface area contributed by atoms with Crippen LogP contribution in [0.4, 0.5) is 0 Å². The second-order valence-corrected chi connectivity index (χ2v) is 5.33. The highest BCUT2D eigenvalue weighted by Crippen LogP contribution is 2.32. The third kappa shape index (κ3) is 4.70. The molecule has 26 heavy (non-hydrogen) atoms. The standard InChI is InChI=1S/C19H17N3O4/c23-18(22-21-10-4-7-14-5-2-1-3-6-14)12-20-19(24)15-8-9-16-17(11-15)26-13-25-16/h1-11H,12-13H2,(H,20,24)(H,22,23). The molecule has 0 bridgehead atoms. The smallest absolute Gasteiger partial charge is 0.259 e. The zero-order chi connectivity index (χ0) is 18.2. The van der Waals surface area contributed by atoms with E-state index in [0.29, 0.717) is 17.1 Å². The third-order valence-corrected chi connectivity index (χ3v) is 3.48. The molecule has 7 heteroatoms.